The second kappa shape index (κ2) is 7.87. The minimum Gasteiger partial charge on any atom is -0.465 e. The molecule has 10 heteroatoms. The summed E-state index contributed by atoms with van der Waals surface area (Å²) >= 11 is 0.935. The summed E-state index contributed by atoms with van der Waals surface area (Å²) < 4.78 is 31.8. The summed E-state index contributed by atoms with van der Waals surface area (Å²) in [6, 6.07) is 13.8. The normalized spacial score (nSPS) is 11.2. The highest BCUT2D eigenvalue weighted by Gasteiger charge is 2.30. The van der Waals surface area contributed by atoms with E-state index in [0.29, 0.717) is 4.90 Å². The van der Waals surface area contributed by atoms with Crippen molar-refractivity contribution in [2.24, 2.45) is 0 Å². The van der Waals surface area contributed by atoms with Gasteiger partial charge in [0.25, 0.3) is 15.7 Å². The molecule has 0 radical (unpaired) electrons. The first-order chi connectivity index (χ1) is 13.3. The zero-order chi connectivity index (χ0) is 20.3. The maximum Gasteiger partial charge on any atom is 0.338 e. The standard InChI is InChI=1S/C18H14N2O6S2/c1-26-18(21)13-11-15(20(22)23)17(27-14-7-3-2-4-8-14)16(12-13)28(24,25)19-9-5-6-10-19/h2-12H,1H3. The van der Waals surface area contributed by atoms with E-state index in [1.807, 2.05) is 0 Å². The molecule has 0 amide bonds. The van der Waals surface area contributed by atoms with Crippen LogP contribution in [0, 0.1) is 10.1 Å². The number of hydrogen-bond donors (Lipinski definition) is 0. The van der Waals surface area contributed by atoms with E-state index in [9.17, 15) is 23.3 Å². The highest BCUT2D eigenvalue weighted by molar-refractivity contribution is 8.00. The fourth-order valence-electron chi connectivity index (χ4n) is 2.45. The van der Waals surface area contributed by atoms with Crippen molar-refractivity contribution in [1.29, 1.82) is 0 Å². The Balaban J connectivity index is 2.31. The van der Waals surface area contributed by atoms with E-state index in [1.54, 1.807) is 30.3 Å². The van der Waals surface area contributed by atoms with E-state index < -0.39 is 26.6 Å². The second-order valence-electron chi connectivity index (χ2n) is 5.50. The van der Waals surface area contributed by atoms with Gasteiger partial charge < -0.3 is 4.74 Å². The molecule has 3 rings (SSSR count). The van der Waals surface area contributed by atoms with Crippen molar-refractivity contribution < 1.29 is 22.9 Å². The minimum atomic E-state index is -4.18. The molecule has 0 aliphatic heterocycles. The van der Waals surface area contributed by atoms with Gasteiger partial charge in [0.2, 0.25) is 0 Å². The summed E-state index contributed by atoms with van der Waals surface area (Å²) in [5.41, 5.74) is -0.722. The van der Waals surface area contributed by atoms with Crippen LogP contribution in [0.15, 0.2) is 81.7 Å². The van der Waals surface area contributed by atoms with Crippen LogP contribution in [-0.2, 0) is 14.8 Å². The van der Waals surface area contributed by atoms with Gasteiger partial charge in [0.15, 0.2) is 0 Å². The molecule has 0 aliphatic rings. The van der Waals surface area contributed by atoms with E-state index in [-0.39, 0.29) is 15.4 Å². The Morgan fingerprint density at radius 3 is 2.32 bits per heavy atom. The van der Waals surface area contributed by atoms with Crippen LogP contribution < -0.4 is 0 Å². The molecule has 0 fully saturated rings. The Hall–Kier alpha value is -3.11. The molecule has 0 saturated carbocycles. The number of methoxy groups -OCH3 is 1. The molecule has 0 atom stereocenters. The van der Waals surface area contributed by atoms with E-state index in [2.05, 4.69) is 4.74 Å². The number of carbonyl (C=O) groups excluding carboxylic acids is 1. The number of rotatable bonds is 6. The minimum absolute atomic E-state index is 0.0856. The molecule has 3 aromatic rings. The predicted octanol–water partition coefficient (Wildman–Crippen LogP) is 3.57. The summed E-state index contributed by atoms with van der Waals surface area (Å²) in [5, 5.41) is 11.7. The maximum absolute atomic E-state index is 13.1. The van der Waals surface area contributed by atoms with Crippen LogP contribution in [0.2, 0.25) is 0 Å². The predicted molar refractivity (Wildman–Crippen MR) is 102 cm³/mol. The number of carbonyl (C=O) groups is 1. The van der Waals surface area contributed by atoms with Crippen molar-refractivity contribution in [3.05, 3.63) is 82.7 Å². The summed E-state index contributed by atoms with van der Waals surface area (Å²) in [4.78, 5) is 23.1. The molecule has 2 aromatic carbocycles. The third-order valence-electron chi connectivity index (χ3n) is 3.75. The SMILES string of the molecule is COC(=O)c1cc([N+](=O)[O-])c(Sc2ccccc2)c(S(=O)(=O)n2cccc2)c1. The lowest BCUT2D eigenvalue weighted by Crippen LogP contribution is -2.14. The van der Waals surface area contributed by atoms with E-state index in [4.69, 9.17) is 0 Å². The average Bonchev–Trinajstić information content (AvgIpc) is 3.23. The third-order valence-corrected chi connectivity index (χ3v) is 6.70. The summed E-state index contributed by atoms with van der Waals surface area (Å²) in [5.74, 6) is -0.872. The molecule has 0 N–H and O–H groups in total. The van der Waals surface area contributed by atoms with Gasteiger partial charge in [-0.05, 0) is 30.3 Å². The van der Waals surface area contributed by atoms with Crippen molar-refractivity contribution in [1.82, 2.24) is 3.97 Å². The Kier molecular flexibility index (Phi) is 5.52. The van der Waals surface area contributed by atoms with Gasteiger partial charge in [-0.15, -0.1) is 0 Å². The zero-order valence-corrected chi connectivity index (χ0v) is 16.1. The van der Waals surface area contributed by atoms with Gasteiger partial charge in [-0.2, -0.15) is 0 Å². The number of nitro groups is 1. The lowest BCUT2D eigenvalue weighted by molar-refractivity contribution is -0.388. The van der Waals surface area contributed by atoms with Gasteiger partial charge in [-0.25, -0.2) is 17.2 Å². The van der Waals surface area contributed by atoms with Crippen LogP contribution in [0.1, 0.15) is 10.4 Å². The Bertz CT molecular complexity index is 1130. The van der Waals surface area contributed by atoms with Crippen molar-refractivity contribution in [3.63, 3.8) is 0 Å². The number of benzene rings is 2. The average molecular weight is 418 g/mol. The van der Waals surface area contributed by atoms with Gasteiger partial charge >= 0.3 is 5.97 Å². The summed E-state index contributed by atoms with van der Waals surface area (Å²) in [6.07, 6.45) is 2.62. The first-order valence-corrected chi connectivity index (χ1v) is 10.1. The van der Waals surface area contributed by atoms with Crippen LogP contribution in [-0.4, -0.2) is 30.4 Å². The highest BCUT2D eigenvalue weighted by atomic mass is 32.2. The fraction of sp³-hybridized carbons (Fsp3) is 0.0556. The highest BCUT2D eigenvalue weighted by Crippen LogP contribution is 2.41. The number of esters is 1. The number of ether oxygens (including phenoxy) is 1. The van der Waals surface area contributed by atoms with E-state index in [1.165, 1.54) is 24.5 Å². The number of aromatic nitrogens is 1. The number of hydrogen-bond acceptors (Lipinski definition) is 7. The Labute approximate surface area is 165 Å². The quantitative estimate of drug-likeness (QED) is 0.342. The van der Waals surface area contributed by atoms with Crippen molar-refractivity contribution in [3.8, 4) is 0 Å². The lowest BCUT2D eigenvalue weighted by atomic mass is 10.2. The molecule has 0 saturated heterocycles. The molecule has 1 heterocycles. The number of nitro benzene ring substituents is 1. The van der Waals surface area contributed by atoms with E-state index >= 15 is 0 Å². The van der Waals surface area contributed by atoms with E-state index in [0.717, 1.165) is 35.0 Å². The topological polar surface area (TPSA) is 109 Å². The summed E-state index contributed by atoms with van der Waals surface area (Å²) in [6.45, 7) is 0. The van der Waals surface area contributed by atoms with Gasteiger partial charge in [0, 0.05) is 23.4 Å². The van der Waals surface area contributed by atoms with Crippen LogP contribution in [0.3, 0.4) is 0 Å². The molecular weight excluding hydrogens is 404 g/mol. The second-order valence-corrected chi connectivity index (χ2v) is 8.40. The maximum atomic E-state index is 13.1. The summed E-state index contributed by atoms with van der Waals surface area (Å²) in [7, 11) is -3.07. The lowest BCUT2D eigenvalue weighted by Gasteiger charge is -2.13. The molecule has 28 heavy (non-hydrogen) atoms. The zero-order valence-electron chi connectivity index (χ0n) is 14.5. The molecule has 0 spiro atoms. The molecule has 0 aliphatic carbocycles. The van der Waals surface area contributed by atoms with Crippen LogP contribution in [0.25, 0.3) is 0 Å². The largest absolute Gasteiger partial charge is 0.465 e. The van der Waals surface area contributed by atoms with Crippen LogP contribution in [0.5, 0.6) is 0 Å². The first kappa shape index (κ1) is 19.6. The molecule has 1 aromatic heterocycles. The molecule has 8 nitrogen and oxygen atoms in total. The van der Waals surface area contributed by atoms with Crippen LogP contribution >= 0.6 is 11.8 Å². The smallest absolute Gasteiger partial charge is 0.338 e. The van der Waals surface area contributed by atoms with Gasteiger partial charge in [-0.3, -0.25) is 10.1 Å². The first-order valence-electron chi connectivity index (χ1n) is 7.87. The molecule has 144 valence electrons. The van der Waals surface area contributed by atoms with Crippen LogP contribution in [0.4, 0.5) is 5.69 Å². The Morgan fingerprint density at radius 1 is 1.11 bits per heavy atom. The van der Waals surface area contributed by atoms with Crippen molar-refractivity contribution >= 4 is 33.4 Å². The molecule has 0 bridgehead atoms. The molecular formula is C18H14N2O6S2. The molecule has 0 unspecified atom stereocenters. The monoisotopic (exact) mass is 418 g/mol. The third kappa shape index (κ3) is 3.78. The van der Waals surface area contributed by atoms with Crippen molar-refractivity contribution in [2.45, 2.75) is 14.7 Å². The number of nitrogens with zero attached hydrogens (tertiary/aromatic N) is 2. The van der Waals surface area contributed by atoms with Crippen molar-refractivity contribution in [2.75, 3.05) is 7.11 Å². The Morgan fingerprint density at radius 2 is 1.75 bits per heavy atom. The van der Waals surface area contributed by atoms with Gasteiger partial charge in [0.1, 0.15) is 9.79 Å². The fourth-order valence-corrected chi connectivity index (χ4v) is 5.12. The van der Waals surface area contributed by atoms with Gasteiger partial charge in [0.05, 0.1) is 17.6 Å². The van der Waals surface area contributed by atoms with Gasteiger partial charge in [-0.1, -0.05) is 30.0 Å².